The molecule has 1 N–H and O–H groups in total. The summed E-state index contributed by atoms with van der Waals surface area (Å²) < 4.78 is 1.94. The van der Waals surface area contributed by atoms with Crippen LogP contribution in [0.5, 0.6) is 0 Å². The molecule has 4 rings (SSSR count). The number of rotatable bonds is 6. The van der Waals surface area contributed by atoms with E-state index in [0.717, 1.165) is 36.9 Å². The summed E-state index contributed by atoms with van der Waals surface area (Å²) in [6.07, 6.45) is 7.67. The first-order valence-corrected chi connectivity index (χ1v) is 10.1. The molecule has 0 aliphatic heterocycles. The Morgan fingerprint density at radius 2 is 1.97 bits per heavy atom. The van der Waals surface area contributed by atoms with Crippen molar-refractivity contribution >= 4 is 23.2 Å². The molecule has 0 radical (unpaired) electrons. The SMILES string of the molecule is O=C(NCCn1nc(-c2ccncc2)c2c1CCCC2)c1cc(Cl)ccc1[N+](=O)[O-]. The van der Waals surface area contributed by atoms with E-state index in [4.69, 9.17) is 16.7 Å². The summed E-state index contributed by atoms with van der Waals surface area (Å²) >= 11 is 5.91. The summed E-state index contributed by atoms with van der Waals surface area (Å²) in [6, 6.07) is 7.84. The first-order valence-electron chi connectivity index (χ1n) is 9.75. The summed E-state index contributed by atoms with van der Waals surface area (Å²) in [5, 5.41) is 19.0. The van der Waals surface area contributed by atoms with E-state index in [1.54, 1.807) is 12.4 Å². The van der Waals surface area contributed by atoms with Gasteiger partial charge in [-0.25, -0.2) is 0 Å². The van der Waals surface area contributed by atoms with Gasteiger partial charge in [-0.1, -0.05) is 11.6 Å². The number of fused-ring (bicyclic) bond motifs is 1. The van der Waals surface area contributed by atoms with Crippen molar-refractivity contribution in [1.29, 1.82) is 0 Å². The monoisotopic (exact) mass is 425 g/mol. The second-order valence-electron chi connectivity index (χ2n) is 7.11. The second kappa shape index (κ2) is 8.62. The van der Waals surface area contributed by atoms with Crippen LogP contribution in [0.2, 0.25) is 5.02 Å². The van der Waals surface area contributed by atoms with Crippen LogP contribution in [-0.2, 0) is 19.4 Å². The molecule has 154 valence electrons. The Labute approximate surface area is 178 Å². The van der Waals surface area contributed by atoms with Crippen molar-refractivity contribution in [2.24, 2.45) is 0 Å². The number of halogens is 1. The van der Waals surface area contributed by atoms with Crippen LogP contribution in [0.3, 0.4) is 0 Å². The molecule has 3 aromatic rings. The fraction of sp³-hybridized carbons (Fsp3) is 0.286. The fourth-order valence-corrected chi connectivity index (χ4v) is 3.99. The largest absolute Gasteiger partial charge is 0.350 e. The molecule has 0 atom stereocenters. The fourth-order valence-electron chi connectivity index (χ4n) is 3.82. The van der Waals surface area contributed by atoms with E-state index in [1.807, 2.05) is 16.8 Å². The molecular weight excluding hydrogens is 406 g/mol. The Morgan fingerprint density at radius 1 is 1.20 bits per heavy atom. The number of hydrogen-bond donors (Lipinski definition) is 1. The van der Waals surface area contributed by atoms with Crippen molar-refractivity contribution in [2.45, 2.75) is 32.2 Å². The lowest BCUT2D eigenvalue weighted by molar-refractivity contribution is -0.385. The molecule has 0 bridgehead atoms. The predicted molar refractivity (Wildman–Crippen MR) is 113 cm³/mol. The first kappa shape index (κ1) is 20.0. The molecule has 8 nitrogen and oxygen atoms in total. The minimum Gasteiger partial charge on any atom is -0.350 e. The Balaban J connectivity index is 1.51. The van der Waals surface area contributed by atoms with Crippen LogP contribution in [0.15, 0.2) is 42.7 Å². The summed E-state index contributed by atoms with van der Waals surface area (Å²) in [7, 11) is 0. The predicted octanol–water partition coefficient (Wildman–Crippen LogP) is 3.82. The number of hydrogen-bond acceptors (Lipinski definition) is 5. The summed E-state index contributed by atoms with van der Waals surface area (Å²) in [6.45, 7) is 0.778. The van der Waals surface area contributed by atoms with Crippen molar-refractivity contribution in [3.05, 3.63) is 74.7 Å². The van der Waals surface area contributed by atoms with Crippen molar-refractivity contribution in [2.75, 3.05) is 6.54 Å². The van der Waals surface area contributed by atoms with Gasteiger partial charge in [0.25, 0.3) is 11.6 Å². The number of benzene rings is 1. The van der Waals surface area contributed by atoms with Crippen LogP contribution < -0.4 is 5.32 Å². The molecule has 30 heavy (non-hydrogen) atoms. The molecule has 0 spiro atoms. The van der Waals surface area contributed by atoms with E-state index in [-0.39, 0.29) is 16.3 Å². The molecule has 1 amide bonds. The number of nitro groups is 1. The van der Waals surface area contributed by atoms with E-state index in [1.165, 1.54) is 29.5 Å². The highest BCUT2D eigenvalue weighted by atomic mass is 35.5. The summed E-state index contributed by atoms with van der Waals surface area (Å²) in [4.78, 5) is 27.2. The number of pyridine rings is 1. The van der Waals surface area contributed by atoms with Gasteiger partial charge in [0.2, 0.25) is 0 Å². The first-order chi connectivity index (χ1) is 14.5. The molecule has 2 heterocycles. The number of nitrogens with one attached hydrogen (secondary N) is 1. The third-order valence-corrected chi connectivity index (χ3v) is 5.45. The maximum atomic E-state index is 12.5. The quantitative estimate of drug-likeness (QED) is 0.477. The standard InChI is InChI=1S/C21H20ClN5O3/c22-15-5-6-19(27(29)30)17(13-15)21(28)24-11-12-26-18-4-2-1-3-16(18)20(25-26)14-7-9-23-10-8-14/h5-10,13H,1-4,11-12H2,(H,24,28). The van der Waals surface area contributed by atoms with Gasteiger partial charge in [0.15, 0.2) is 0 Å². The Kier molecular flexibility index (Phi) is 5.76. The lowest BCUT2D eigenvalue weighted by Gasteiger charge is -2.14. The normalized spacial score (nSPS) is 13.0. The minimum absolute atomic E-state index is 0.0486. The van der Waals surface area contributed by atoms with Crippen LogP contribution >= 0.6 is 11.6 Å². The number of amides is 1. The van der Waals surface area contributed by atoms with Gasteiger partial charge < -0.3 is 5.32 Å². The number of carbonyl (C=O) groups excluding carboxylic acids is 1. The Bertz CT molecular complexity index is 1100. The zero-order valence-electron chi connectivity index (χ0n) is 16.2. The van der Waals surface area contributed by atoms with E-state index in [2.05, 4.69) is 10.3 Å². The zero-order valence-corrected chi connectivity index (χ0v) is 16.9. The van der Waals surface area contributed by atoms with Crippen LogP contribution in [-0.4, -0.2) is 32.1 Å². The van der Waals surface area contributed by atoms with Crippen LogP contribution in [0.1, 0.15) is 34.5 Å². The van der Waals surface area contributed by atoms with Gasteiger partial charge in [0.05, 0.1) is 17.2 Å². The average Bonchev–Trinajstić information content (AvgIpc) is 3.13. The van der Waals surface area contributed by atoms with Crippen molar-refractivity contribution in [3.8, 4) is 11.3 Å². The maximum absolute atomic E-state index is 12.5. The molecule has 1 aromatic carbocycles. The third kappa shape index (κ3) is 4.04. The van der Waals surface area contributed by atoms with E-state index in [9.17, 15) is 14.9 Å². The van der Waals surface area contributed by atoms with Crippen LogP contribution in [0.4, 0.5) is 5.69 Å². The van der Waals surface area contributed by atoms with Crippen molar-refractivity contribution in [3.63, 3.8) is 0 Å². The van der Waals surface area contributed by atoms with Crippen LogP contribution in [0, 0.1) is 10.1 Å². The molecule has 0 saturated carbocycles. The summed E-state index contributed by atoms with van der Waals surface area (Å²) in [5.74, 6) is -0.528. The van der Waals surface area contributed by atoms with Crippen LogP contribution in [0.25, 0.3) is 11.3 Å². The van der Waals surface area contributed by atoms with E-state index < -0.39 is 10.8 Å². The lowest BCUT2D eigenvalue weighted by atomic mass is 9.94. The Hall–Kier alpha value is -3.26. The van der Waals surface area contributed by atoms with Crippen molar-refractivity contribution < 1.29 is 9.72 Å². The van der Waals surface area contributed by atoms with Gasteiger partial charge in [0, 0.05) is 46.8 Å². The molecule has 0 fully saturated rings. The second-order valence-corrected chi connectivity index (χ2v) is 7.55. The zero-order chi connectivity index (χ0) is 21.1. The number of nitrogens with zero attached hydrogens (tertiary/aromatic N) is 4. The molecular formula is C21H20ClN5O3. The lowest BCUT2D eigenvalue weighted by Crippen LogP contribution is -2.28. The maximum Gasteiger partial charge on any atom is 0.282 e. The number of carbonyl (C=O) groups is 1. The summed E-state index contributed by atoms with van der Waals surface area (Å²) in [5.41, 5.74) is 4.12. The molecule has 0 unspecified atom stereocenters. The van der Waals surface area contributed by atoms with Gasteiger partial charge in [-0.2, -0.15) is 5.10 Å². The molecule has 1 aliphatic rings. The minimum atomic E-state index is -0.587. The highest BCUT2D eigenvalue weighted by molar-refractivity contribution is 6.31. The average molecular weight is 426 g/mol. The van der Waals surface area contributed by atoms with E-state index in [0.29, 0.717) is 13.1 Å². The molecule has 1 aliphatic carbocycles. The van der Waals surface area contributed by atoms with Gasteiger partial charge in [0.1, 0.15) is 5.56 Å². The number of aromatic nitrogens is 3. The van der Waals surface area contributed by atoms with Gasteiger partial charge in [-0.3, -0.25) is 24.6 Å². The highest BCUT2D eigenvalue weighted by Gasteiger charge is 2.23. The molecule has 9 heteroatoms. The Morgan fingerprint density at radius 3 is 2.73 bits per heavy atom. The third-order valence-electron chi connectivity index (χ3n) is 5.22. The smallest absolute Gasteiger partial charge is 0.282 e. The number of nitro benzene ring substituents is 1. The van der Waals surface area contributed by atoms with Gasteiger partial charge in [-0.05, 0) is 49.9 Å². The topological polar surface area (TPSA) is 103 Å². The van der Waals surface area contributed by atoms with Gasteiger partial charge >= 0.3 is 0 Å². The van der Waals surface area contributed by atoms with Crippen molar-refractivity contribution in [1.82, 2.24) is 20.1 Å². The molecule has 0 saturated heterocycles. The van der Waals surface area contributed by atoms with E-state index >= 15 is 0 Å². The van der Waals surface area contributed by atoms with Gasteiger partial charge in [-0.15, -0.1) is 0 Å². The highest BCUT2D eigenvalue weighted by Crippen LogP contribution is 2.31. The molecule has 2 aromatic heterocycles.